The van der Waals surface area contributed by atoms with Crippen molar-refractivity contribution in [2.75, 3.05) is 5.32 Å². The summed E-state index contributed by atoms with van der Waals surface area (Å²) in [7, 11) is -5.37. The highest BCUT2D eigenvalue weighted by Gasteiger charge is 2.29. The van der Waals surface area contributed by atoms with Crippen molar-refractivity contribution in [1.29, 1.82) is 0 Å². The van der Waals surface area contributed by atoms with Crippen LogP contribution < -0.4 is 10.0 Å². The Morgan fingerprint density at radius 1 is 1.27 bits per heavy atom. The maximum absolute atomic E-state index is 12.7. The molecule has 0 aromatic heterocycles. The molecular formula is C18H26N2O4SSi. The quantitative estimate of drug-likeness (QED) is 0.593. The van der Waals surface area contributed by atoms with E-state index < -0.39 is 24.2 Å². The molecule has 0 saturated heterocycles. The molecule has 0 unspecified atom stereocenters. The first-order chi connectivity index (χ1) is 12.0. The molecule has 2 rings (SSSR count). The smallest absolute Gasteiger partial charge is 0.411 e. The van der Waals surface area contributed by atoms with Gasteiger partial charge in [0.15, 0.2) is 0 Å². The van der Waals surface area contributed by atoms with E-state index in [9.17, 15) is 13.2 Å². The topological polar surface area (TPSA) is 84.5 Å². The number of benzene rings is 1. The molecule has 1 fully saturated rings. The number of hydrogen-bond donors (Lipinski definition) is 2. The van der Waals surface area contributed by atoms with E-state index >= 15 is 0 Å². The molecule has 6 nitrogen and oxygen atoms in total. The Balaban J connectivity index is 2.38. The van der Waals surface area contributed by atoms with Gasteiger partial charge in [0.05, 0.1) is 11.0 Å². The van der Waals surface area contributed by atoms with Crippen LogP contribution in [0.4, 0.5) is 10.5 Å². The summed E-state index contributed by atoms with van der Waals surface area (Å²) in [5.41, 5.74) is 3.98. The number of rotatable bonds is 5. The fraction of sp³-hybridized carbons (Fsp3) is 0.500. The van der Waals surface area contributed by atoms with Gasteiger partial charge in [-0.15, -0.1) is 5.54 Å². The fourth-order valence-electron chi connectivity index (χ4n) is 2.03. The van der Waals surface area contributed by atoms with E-state index in [0.717, 1.165) is 12.8 Å². The molecule has 0 aliphatic heterocycles. The predicted octanol–water partition coefficient (Wildman–Crippen LogP) is 3.31. The molecule has 2 N–H and O–H groups in total. The molecule has 1 saturated carbocycles. The molecule has 1 aliphatic rings. The van der Waals surface area contributed by atoms with E-state index in [1.54, 1.807) is 26.0 Å². The largest absolute Gasteiger partial charge is 0.447 e. The maximum atomic E-state index is 12.7. The molecule has 1 aliphatic carbocycles. The van der Waals surface area contributed by atoms with Gasteiger partial charge in [-0.3, -0.25) is 5.32 Å². The molecule has 0 heterocycles. The van der Waals surface area contributed by atoms with Gasteiger partial charge >= 0.3 is 6.09 Å². The van der Waals surface area contributed by atoms with Gasteiger partial charge < -0.3 is 4.74 Å². The van der Waals surface area contributed by atoms with Crippen molar-refractivity contribution in [2.24, 2.45) is 0 Å². The van der Waals surface area contributed by atoms with E-state index in [1.165, 1.54) is 6.07 Å². The molecule has 8 heteroatoms. The van der Waals surface area contributed by atoms with Gasteiger partial charge in [-0.2, -0.15) is 0 Å². The fourth-order valence-corrected chi connectivity index (χ4v) is 4.03. The molecule has 0 spiro atoms. The average molecular weight is 395 g/mol. The van der Waals surface area contributed by atoms with Crippen molar-refractivity contribution in [3.63, 3.8) is 0 Å². The van der Waals surface area contributed by atoms with Crippen LogP contribution in [0, 0.1) is 11.5 Å². The van der Waals surface area contributed by atoms with Gasteiger partial charge in [-0.1, -0.05) is 25.6 Å². The van der Waals surface area contributed by atoms with E-state index in [0.29, 0.717) is 11.3 Å². The number of hydrogen-bond acceptors (Lipinski definition) is 4. The lowest BCUT2D eigenvalue weighted by atomic mass is 10.2. The molecule has 26 heavy (non-hydrogen) atoms. The highest BCUT2D eigenvalue weighted by atomic mass is 32.2. The summed E-state index contributed by atoms with van der Waals surface area (Å²) in [5, 5.41) is 2.56. The highest BCUT2D eigenvalue weighted by Crippen LogP contribution is 2.25. The van der Waals surface area contributed by atoms with Crippen molar-refractivity contribution >= 4 is 29.9 Å². The van der Waals surface area contributed by atoms with Crippen LogP contribution in [0.25, 0.3) is 0 Å². The van der Waals surface area contributed by atoms with E-state index in [2.05, 4.69) is 41.1 Å². The van der Waals surface area contributed by atoms with Gasteiger partial charge in [0, 0.05) is 17.3 Å². The lowest BCUT2D eigenvalue weighted by Gasteiger charge is -2.13. The van der Waals surface area contributed by atoms with Crippen molar-refractivity contribution in [3.8, 4) is 11.5 Å². The van der Waals surface area contributed by atoms with Crippen LogP contribution in [0.2, 0.25) is 19.6 Å². The third-order valence-corrected chi connectivity index (χ3v) is 5.77. The summed E-state index contributed by atoms with van der Waals surface area (Å²) in [6.45, 7) is 9.76. The number of anilines is 1. The van der Waals surface area contributed by atoms with Crippen LogP contribution in [-0.2, 0) is 14.8 Å². The van der Waals surface area contributed by atoms with Crippen LogP contribution in [0.3, 0.4) is 0 Å². The minimum atomic E-state index is -3.71. The van der Waals surface area contributed by atoms with Crippen molar-refractivity contribution < 1.29 is 17.9 Å². The van der Waals surface area contributed by atoms with Crippen LogP contribution in [-0.4, -0.2) is 34.7 Å². The van der Waals surface area contributed by atoms with Gasteiger partial charge in [0.1, 0.15) is 8.07 Å². The summed E-state index contributed by atoms with van der Waals surface area (Å²) in [4.78, 5) is 11.9. The molecule has 142 valence electrons. The molecule has 1 aromatic carbocycles. The average Bonchev–Trinajstić information content (AvgIpc) is 3.27. The first-order valence-electron chi connectivity index (χ1n) is 8.63. The first-order valence-corrected chi connectivity index (χ1v) is 13.6. The zero-order chi connectivity index (χ0) is 19.5. The number of carbonyl (C=O) groups excluding carboxylic acids is 1. The van der Waals surface area contributed by atoms with E-state index in [4.69, 9.17) is 4.74 Å². The van der Waals surface area contributed by atoms with Crippen LogP contribution in [0.15, 0.2) is 23.1 Å². The Kier molecular flexibility index (Phi) is 6.16. The maximum Gasteiger partial charge on any atom is 0.411 e. The van der Waals surface area contributed by atoms with Gasteiger partial charge in [0.25, 0.3) is 0 Å². The third-order valence-electron chi connectivity index (χ3n) is 3.33. The Labute approximate surface area is 156 Å². The van der Waals surface area contributed by atoms with Gasteiger partial charge in [-0.05, 0) is 44.9 Å². The minimum Gasteiger partial charge on any atom is -0.447 e. The minimum absolute atomic E-state index is 0.0136. The molecule has 1 amide bonds. The van der Waals surface area contributed by atoms with Crippen molar-refractivity contribution in [1.82, 2.24) is 4.72 Å². The number of ether oxygens (including phenoxy) is 1. The molecule has 0 bridgehead atoms. The predicted molar refractivity (Wildman–Crippen MR) is 105 cm³/mol. The van der Waals surface area contributed by atoms with Crippen LogP contribution in [0.1, 0.15) is 32.3 Å². The van der Waals surface area contributed by atoms with Crippen molar-refractivity contribution in [3.05, 3.63) is 23.8 Å². The summed E-state index contributed by atoms with van der Waals surface area (Å²) >= 11 is 0. The SMILES string of the molecule is CC(C)OC(=O)Nc1ccc(C#C[Si](C)(C)C)c(S(=O)(=O)NC2CC2)c1. The van der Waals surface area contributed by atoms with E-state index in [1.807, 2.05) is 0 Å². The Morgan fingerprint density at radius 2 is 1.92 bits per heavy atom. The highest BCUT2D eigenvalue weighted by molar-refractivity contribution is 7.89. The monoisotopic (exact) mass is 394 g/mol. The van der Waals surface area contributed by atoms with Gasteiger partial charge in [0.2, 0.25) is 10.0 Å². The summed E-state index contributed by atoms with van der Waals surface area (Å²) in [6, 6.07) is 4.67. The Bertz CT molecular complexity index is 844. The normalized spacial score (nSPS) is 14.5. The molecule has 0 atom stereocenters. The van der Waals surface area contributed by atoms with Crippen LogP contribution >= 0.6 is 0 Å². The summed E-state index contributed by atoms with van der Waals surface area (Å²) in [6.07, 6.45) is 0.790. The zero-order valence-electron chi connectivity index (χ0n) is 15.8. The lowest BCUT2D eigenvalue weighted by Crippen LogP contribution is -2.27. The number of nitrogens with one attached hydrogen (secondary N) is 2. The summed E-state index contributed by atoms with van der Waals surface area (Å²) in [5.74, 6) is 3.01. The zero-order valence-corrected chi connectivity index (χ0v) is 17.7. The van der Waals surface area contributed by atoms with Gasteiger partial charge in [-0.25, -0.2) is 17.9 Å². The second kappa shape index (κ2) is 7.82. The number of sulfonamides is 1. The Hall–Kier alpha value is -1.82. The van der Waals surface area contributed by atoms with Crippen molar-refractivity contribution in [2.45, 2.75) is 63.4 Å². The second-order valence-corrected chi connectivity index (χ2v) is 14.1. The molecule has 1 aromatic rings. The standard InChI is InChI=1S/C18H26N2O4SSi/c1-13(2)24-18(21)19-16-7-6-14(10-11-26(3,4)5)17(12-16)25(22,23)20-15-8-9-15/h6-7,12-13,15,20H,8-9H2,1-5H3,(H,19,21). The van der Waals surface area contributed by atoms with E-state index in [-0.39, 0.29) is 17.0 Å². The molecular weight excluding hydrogens is 368 g/mol. The first kappa shape index (κ1) is 20.5. The third kappa shape index (κ3) is 6.48. The molecule has 0 radical (unpaired) electrons. The Morgan fingerprint density at radius 3 is 2.46 bits per heavy atom. The second-order valence-electron chi connectivity index (χ2n) is 7.69. The number of carbonyl (C=O) groups is 1. The number of amides is 1. The lowest BCUT2D eigenvalue weighted by molar-refractivity contribution is 0.130. The summed E-state index contributed by atoms with van der Waals surface area (Å²) < 4.78 is 33.2. The van der Waals surface area contributed by atoms with Crippen LogP contribution in [0.5, 0.6) is 0 Å².